The molecule has 1 amide bonds. The van der Waals surface area contributed by atoms with E-state index < -0.39 is 0 Å². The maximum absolute atomic E-state index is 13.0. The minimum atomic E-state index is -0.310. The third-order valence-electron chi connectivity index (χ3n) is 5.31. The Kier molecular flexibility index (Phi) is 5.54. The summed E-state index contributed by atoms with van der Waals surface area (Å²) >= 11 is 0. The molecule has 6 heteroatoms. The smallest absolute Gasteiger partial charge is 0.244 e. The van der Waals surface area contributed by atoms with E-state index in [1.54, 1.807) is 37.6 Å². The molecule has 1 aromatic heterocycles. The second kappa shape index (κ2) is 8.44. The number of hydrogen-bond donors (Lipinski definition) is 1. The Morgan fingerprint density at radius 3 is 2.65 bits per heavy atom. The lowest BCUT2D eigenvalue weighted by Gasteiger charge is -2.09. The van der Waals surface area contributed by atoms with Gasteiger partial charge in [-0.1, -0.05) is 30.3 Å². The highest BCUT2D eigenvalue weighted by atomic mass is 16.5. The Hall–Kier alpha value is -3.93. The molecule has 0 aliphatic heterocycles. The number of hydrazone groups is 1. The molecule has 0 aliphatic rings. The Labute approximate surface area is 179 Å². The number of aryl methyl sites for hydroxylation is 2. The summed E-state index contributed by atoms with van der Waals surface area (Å²) in [6.45, 7) is 3.90. The SMILES string of the molecule is COc1cccc(/C=N\NC(=O)Cc2cccc3c(=O)c4ccc(C)c(C)c4oc23)c1. The summed E-state index contributed by atoms with van der Waals surface area (Å²) in [6.07, 6.45) is 1.58. The second-order valence-electron chi connectivity index (χ2n) is 7.36. The van der Waals surface area contributed by atoms with Gasteiger partial charge in [0, 0.05) is 5.56 Å². The topological polar surface area (TPSA) is 80.9 Å². The number of hydrogen-bond acceptors (Lipinski definition) is 5. The van der Waals surface area contributed by atoms with Crippen molar-refractivity contribution in [3.8, 4) is 5.75 Å². The lowest BCUT2D eigenvalue weighted by atomic mass is 10.0. The van der Waals surface area contributed by atoms with E-state index in [2.05, 4.69) is 10.5 Å². The molecule has 0 fully saturated rings. The Bertz CT molecular complexity index is 1390. The largest absolute Gasteiger partial charge is 0.497 e. The number of amides is 1. The summed E-state index contributed by atoms with van der Waals surface area (Å²) in [7, 11) is 1.59. The molecule has 6 nitrogen and oxygen atoms in total. The molecule has 1 heterocycles. The third-order valence-corrected chi connectivity index (χ3v) is 5.31. The average Bonchev–Trinajstić information content (AvgIpc) is 2.77. The number of carbonyl (C=O) groups is 1. The van der Waals surface area contributed by atoms with Crippen LogP contribution < -0.4 is 15.6 Å². The van der Waals surface area contributed by atoms with Gasteiger partial charge in [0.2, 0.25) is 11.3 Å². The number of rotatable bonds is 5. The molecule has 156 valence electrons. The number of fused-ring (bicyclic) bond motifs is 2. The van der Waals surface area contributed by atoms with Crippen LogP contribution in [0.3, 0.4) is 0 Å². The molecule has 4 rings (SSSR count). The molecular weight excluding hydrogens is 392 g/mol. The number of para-hydroxylation sites is 1. The van der Waals surface area contributed by atoms with Crippen molar-refractivity contribution in [2.75, 3.05) is 7.11 Å². The summed E-state index contributed by atoms with van der Waals surface area (Å²) in [4.78, 5) is 25.4. The van der Waals surface area contributed by atoms with E-state index in [9.17, 15) is 9.59 Å². The first-order chi connectivity index (χ1) is 15.0. The molecule has 0 atom stereocenters. The molecule has 0 saturated carbocycles. The summed E-state index contributed by atoms with van der Waals surface area (Å²) in [5, 5.41) is 5.01. The highest BCUT2D eigenvalue weighted by molar-refractivity contribution is 5.94. The van der Waals surface area contributed by atoms with Crippen LogP contribution in [0.1, 0.15) is 22.3 Å². The van der Waals surface area contributed by atoms with Crippen molar-refractivity contribution < 1.29 is 13.9 Å². The fraction of sp³-hybridized carbons (Fsp3) is 0.160. The number of carbonyl (C=O) groups excluding carboxylic acids is 1. The van der Waals surface area contributed by atoms with Gasteiger partial charge in [-0.25, -0.2) is 5.43 Å². The number of nitrogens with zero attached hydrogens (tertiary/aromatic N) is 1. The fourth-order valence-corrected chi connectivity index (χ4v) is 3.48. The van der Waals surface area contributed by atoms with E-state index in [1.165, 1.54) is 0 Å². The predicted molar refractivity (Wildman–Crippen MR) is 122 cm³/mol. The molecule has 0 spiro atoms. The minimum absolute atomic E-state index is 0.0338. The Balaban J connectivity index is 1.62. The number of benzene rings is 3. The van der Waals surface area contributed by atoms with Crippen LogP contribution >= 0.6 is 0 Å². The van der Waals surface area contributed by atoms with Gasteiger partial charge in [-0.2, -0.15) is 5.10 Å². The van der Waals surface area contributed by atoms with Crippen molar-refractivity contribution in [1.29, 1.82) is 0 Å². The number of nitrogens with one attached hydrogen (secondary N) is 1. The molecule has 1 N–H and O–H groups in total. The van der Waals surface area contributed by atoms with Crippen LogP contribution in [0.4, 0.5) is 0 Å². The van der Waals surface area contributed by atoms with Gasteiger partial charge < -0.3 is 9.15 Å². The first-order valence-corrected chi connectivity index (χ1v) is 9.88. The van der Waals surface area contributed by atoms with Gasteiger partial charge in [0.15, 0.2) is 0 Å². The maximum atomic E-state index is 13.0. The lowest BCUT2D eigenvalue weighted by molar-refractivity contribution is -0.120. The van der Waals surface area contributed by atoms with Crippen molar-refractivity contribution >= 4 is 34.1 Å². The van der Waals surface area contributed by atoms with E-state index >= 15 is 0 Å². The van der Waals surface area contributed by atoms with Gasteiger partial charge in [0.25, 0.3) is 0 Å². The fourth-order valence-electron chi connectivity index (χ4n) is 3.48. The van der Waals surface area contributed by atoms with Gasteiger partial charge >= 0.3 is 0 Å². The van der Waals surface area contributed by atoms with Crippen LogP contribution in [0.5, 0.6) is 5.75 Å². The van der Waals surface area contributed by atoms with Gasteiger partial charge in [-0.05, 0) is 54.8 Å². The highest BCUT2D eigenvalue weighted by Crippen LogP contribution is 2.26. The molecule has 0 bridgehead atoms. The summed E-state index contributed by atoms with van der Waals surface area (Å²) in [5.41, 5.74) is 6.80. The Morgan fingerprint density at radius 2 is 1.84 bits per heavy atom. The molecule has 31 heavy (non-hydrogen) atoms. The first kappa shape index (κ1) is 20.3. The summed E-state index contributed by atoms with van der Waals surface area (Å²) in [5.74, 6) is 0.397. The molecule has 0 radical (unpaired) electrons. The maximum Gasteiger partial charge on any atom is 0.244 e. The van der Waals surface area contributed by atoms with Crippen LogP contribution in [0.15, 0.2) is 68.9 Å². The van der Waals surface area contributed by atoms with Crippen LogP contribution in [0, 0.1) is 13.8 Å². The van der Waals surface area contributed by atoms with E-state index in [-0.39, 0.29) is 17.8 Å². The van der Waals surface area contributed by atoms with Crippen LogP contribution in [-0.4, -0.2) is 19.2 Å². The molecule has 0 saturated heterocycles. The molecular formula is C25H22N2O4. The zero-order chi connectivity index (χ0) is 22.0. The normalized spacial score (nSPS) is 11.3. The predicted octanol–water partition coefficient (Wildman–Crippen LogP) is 4.26. The van der Waals surface area contributed by atoms with Gasteiger partial charge in [0.1, 0.15) is 16.9 Å². The van der Waals surface area contributed by atoms with E-state index in [0.717, 1.165) is 16.7 Å². The van der Waals surface area contributed by atoms with Gasteiger partial charge in [0.05, 0.1) is 30.5 Å². The molecule has 0 aliphatic carbocycles. The zero-order valence-corrected chi connectivity index (χ0v) is 17.6. The average molecular weight is 414 g/mol. The highest BCUT2D eigenvalue weighted by Gasteiger charge is 2.15. The molecule has 0 unspecified atom stereocenters. The molecule has 4 aromatic rings. The monoisotopic (exact) mass is 414 g/mol. The standard InChI is InChI=1S/C25H22N2O4/c1-15-10-11-21-23(29)20-9-5-7-18(25(20)31-24(21)16(15)2)13-22(28)27-26-14-17-6-4-8-19(12-17)30-3/h4-12,14H,13H2,1-3H3,(H,27,28)/b26-14-. The van der Waals surface area contributed by atoms with Crippen LogP contribution in [0.2, 0.25) is 0 Å². The quantitative estimate of drug-likeness (QED) is 0.301. The molecule has 3 aromatic carbocycles. The summed E-state index contributed by atoms with van der Waals surface area (Å²) in [6, 6.07) is 16.3. The lowest BCUT2D eigenvalue weighted by Crippen LogP contribution is -2.20. The zero-order valence-electron chi connectivity index (χ0n) is 17.6. The number of methoxy groups -OCH3 is 1. The second-order valence-corrected chi connectivity index (χ2v) is 7.36. The number of ether oxygens (including phenoxy) is 1. The minimum Gasteiger partial charge on any atom is -0.497 e. The van der Waals surface area contributed by atoms with Crippen LogP contribution in [0.25, 0.3) is 21.9 Å². The van der Waals surface area contributed by atoms with Gasteiger partial charge in [-0.15, -0.1) is 0 Å². The van der Waals surface area contributed by atoms with Crippen LogP contribution in [-0.2, 0) is 11.2 Å². The van der Waals surface area contributed by atoms with Crippen molar-refractivity contribution in [2.24, 2.45) is 5.10 Å². The third kappa shape index (κ3) is 4.05. The van der Waals surface area contributed by atoms with Crippen molar-refractivity contribution in [2.45, 2.75) is 20.3 Å². The van der Waals surface area contributed by atoms with Gasteiger partial charge in [-0.3, -0.25) is 9.59 Å². The van der Waals surface area contributed by atoms with E-state index in [4.69, 9.17) is 9.15 Å². The van der Waals surface area contributed by atoms with Crippen molar-refractivity contribution in [3.63, 3.8) is 0 Å². The first-order valence-electron chi connectivity index (χ1n) is 9.88. The van der Waals surface area contributed by atoms with E-state index in [0.29, 0.717) is 33.3 Å². The Morgan fingerprint density at radius 1 is 1.06 bits per heavy atom. The van der Waals surface area contributed by atoms with Crippen molar-refractivity contribution in [1.82, 2.24) is 5.43 Å². The van der Waals surface area contributed by atoms with Crippen molar-refractivity contribution in [3.05, 3.63) is 87.1 Å². The summed E-state index contributed by atoms with van der Waals surface area (Å²) < 4.78 is 11.3. The van der Waals surface area contributed by atoms with E-state index in [1.807, 2.05) is 44.2 Å².